The summed E-state index contributed by atoms with van der Waals surface area (Å²) in [7, 11) is 0. The minimum Gasteiger partial charge on any atom is -0.488 e. The van der Waals surface area contributed by atoms with Crippen LogP contribution < -0.4 is 0 Å². The summed E-state index contributed by atoms with van der Waals surface area (Å²) in [5.74, 6) is 0.0107. The number of rotatable bonds is 19. The molecule has 0 unspecified atom stereocenters. The van der Waals surface area contributed by atoms with Gasteiger partial charge >= 0.3 is 11.9 Å². The van der Waals surface area contributed by atoms with Crippen molar-refractivity contribution in [3.8, 4) is 0 Å². The van der Waals surface area contributed by atoms with Crippen LogP contribution in [0.15, 0.2) is 48.2 Å². The van der Waals surface area contributed by atoms with E-state index in [2.05, 4.69) is 42.7 Å². The first-order valence-electron chi connectivity index (χ1n) is 19.7. The van der Waals surface area contributed by atoms with Gasteiger partial charge in [0.1, 0.15) is 24.4 Å². The zero-order valence-corrected chi connectivity index (χ0v) is 33.4. The normalized spacial score (nSPS) is 21.1. The molecule has 1 saturated heterocycles. The zero-order chi connectivity index (χ0) is 38.6. The summed E-state index contributed by atoms with van der Waals surface area (Å²) in [6, 6.07) is 14.3. The van der Waals surface area contributed by atoms with Gasteiger partial charge in [0, 0.05) is 39.3 Å². The van der Waals surface area contributed by atoms with E-state index in [0.29, 0.717) is 70.4 Å². The van der Waals surface area contributed by atoms with Crippen molar-refractivity contribution in [1.29, 1.82) is 0 Å². The van der Waals surface area contributed by atoms with Gasteiger partial charge in [-0.15, -0.1) is 0 Å². The lowest BCUT2D eigenvalue weighted by Crippen LogP contribution is -2.48. The number of nitrogens with zero attached hydrogens (tertiary/aromatic N) is 2. The van der Waals surface area contributed by atoms with Crippen molar-refractivity contribution in [2.75, 3.05) is 85.5 Å². The lowest BCUT2D eigenvalue weighted by atomic mass is 9.80. The third kappa shape index (κ3) is 12.3. The van der Waals surface area contributed by atoms with Crippen LogP contribution in [-0.2, 0) is 49.4 Å². The van der Waals surface area contributed by atoms with Gasteiger partial charge in [-0.1, -0.05) is 48.0 Å². The molecule has 11 heteroatoms. The van der Waals surface area contributed by atoms with Gasteiger partial charge in [0.25, 0.3) is 0 Å². The van der Waals surface area contributed by atoms with Gasteiger partial charge in [0.2, 0.25) is 0 Å². The van der Waals surface area contributed by atoms with Crippen molar-refractivity contribution in [3.05, 3.63) is 76.0 Å². The van der Waals surface area contributed by atoms with Crippen molar-refractivity contribution in [1.82, 2.24) is 9.80 Å². The molecule has 2 aromatic carbocycles. The quantitative estimate of drug-likeness (QED) is 0.129. The van der Waals surface area contributed by atoms with Gasteiger partial charge < -0.3 is 33.2 Å². The Bertz CT molecular complexity index is 1510. The highest BCUT2D eigenvalue weighted by Gasteiger charge is 2.52. The van der Waals surface area contributed by atoms with E-state index in [0.717, 1.165) is 74.4 Å². The van der Waals surface area contributed by atoms with Crippen LogP contribution in [-0.4, -0.2) is 125 Å². The summed E-state index contributed by atoms with van der Waals surface area (Å²) in [6.07, 6.45) is 2.96. The Morgan fingerprint density at radius 3 is 1.98 bits per heavy atom. The number of benzene rings is 2. The SMILES string of the molecule is Cc1cc(C)c(C2=C(OCc3ccccc3)[C@]3(CC[C@H](OCCOCCN4CCN(CCOCCOCC(=O)OC(C)(C)C)CC4)CC3)OC2=O)c(C)c1. The number of piperazine rings is 1. The lowest BCUT2D eigenvalue weighted by molar-refractivity contribution is -0.160. The van der Waals surface area contributed by atoms with Crippen LogP contribution in [0.3, 0.4) is 0 Å². The summed E-state index contributed by atoms with van der Waals surface area (Å²) in [5, 5.41) is 0. The first-order valence-corrected chi connectivity index (χ1v) is 19.7. The molecule has 298 valence electrons. The minimum atomic E-state index is -0.780. The van der Waals surface area contributed by atoms with Crippen molar-refractivity contribution in [3.63, 3.8) is 0 Å². The number of carbonyl (C=O) groups is 2. The van der Waals surface area contributed by atoms with Crippen LogP contribution in [0.25, 0.3) is 5.57 Å². The van der Waals surface area contributed by atoms with Gasteiger partial charge in [0.05, 0.1) is 45.7 Å². The smallest absolute Gasteiger partial charge is 0.343 e. The molecule has 2 heterocycles. The fourth-order valence-corrected chi connectivity index (χ4v) is 7.62. The maximum Gasteiger partial charge on any atom is 0.343 e. The largest absolute Gasteiger partial charge is 0.488 e. The van der Waals surface area contributed by atoms with Crippen LogP contribution in [0, 0.1) is 20.8 Å². The van der Waals surface area contributed by atoms with E-state index < -0.39 is 11.2 Å². The Kier molecular flexibility index (Phi) is 15.5. The monoisotopic (exact) mass is 750 g/mol. The number of hydrogen-bond acceptors (Lipinski definition) is 11. The predicted octanol–water partition coefficient (Wildman–Crippen LogP) is 5.80. The topological polar surface area (TPSA) is 105 Å². The van der Waals surface area contributed by atoms with Gasteiger partial charge in [-0.2, -0.15) is 0 Å². The van der Waals surface area contributed by atoms with Crippen molar-refractivity contribution in [2.45, 2.75) is 91.1 Å². The molecule has 1 aliphatic carbocycles. The second-order valence-electron chi connectivity index (χ2n) is 15.8. The highest BCUT2D eigenvalue weighted by Crippen LogP contribution is 2.48. The fraction of sp³-hybridized carbons (Fsp3) is 0.628. The molecule has 0 atom stereocenters. The lowest BCUT2D eigenvalue weighted by Gasteiger charge is -2.37. The van der Waals surface area contributed by atoms with Gasteiger partial charge in [-0.25, -0.2) is 9.59 Å². The maximum atomic E-state index is 13.6. The molecule has 3 aliphatic rings. The molecule has 2 aliphatic heterocycles. The van der Waals surface area contributed by atoms with E-state index in [1.165, 1.54) is 5.56 Å². The van der Waals surface area contributed by atoms with Gasteiger partial charge in [-0.05, 0) is 89.5 Å². The number of hydrogen-bond donors (Lipinski definition) is 0. The van der Waals surface area contributed by atoms with Crippen LogP contribution in [0.2, 0.25) is 0 Å². The van der Waals surface area contributed by atoms with E-state index in [4.69, 9.17) is 33.2 Å². The second-order valence-corrected chi connectivity index (χ2v) is 15.8. The van der Waals surface area contributed by atoms with Crippen molar-refractivity contribution >= 4 is 17.5 Å². The van der Waals surface area contributed by atoms with E-state index in [1.54, 1.807) is 0 Å². The standard InChI is InChI=1S/C43H62N2O9/c1-32-28-33(2)38(34(3)29-32)39-40(52-30-35-10-8-7-9-11-35)43(54-41(39)47)14-12-36(13-15-43)51-27-26-49-23-21-45-18-16-44(17-19-45)20-22-48-24-25-50-31-37(46)53-42(4,5)6/h7-11,28-29,36H,12-27,30-31H2,1-6H3/t36-,43+. The summed E-state index contributed by atoms with van der Waals surface area (Å²) in [5.41, 5.74) is 4.53. The van der Waals surface area contributed by atoms with Gasteiger partial charge in [-0.3, -0.25) is 9.80 Å². The Hall–Kier alpha value is -3.32. The van der Waals surface area contributed by atoms with Crippen LogP contribution in [0.1, 0.15) is 74.3 Å². The molecular formula is C43H62N2O9. The summed E-state index contributed by atoms with van der Waals surface area (Å²) in [4.78, 5) is 30.2. The Morgan fingerprint density at radius 2 is 1.39 bits per heavy atom. The van der Waals surface area contributed by atoms with Crippen LogP contribution >= 0.6 is 0 Å². The second kappa shape index (κ2) is 20.0. The molecule has 1 saturated carbocycles. The molecule has 0 amide bonds. The Balaban J connectivity index is 0.969. The number of aryl methyl sites for hydroxylation is 3. The fourth-order valence-electron chi connectivity index (χ4n) is 7.62. The summed E-state index contributed by atoms with van der Waals surface area (Å²) >= 11 is 0. The van der Waals surface area contributed by atoms with E-state index in [9.17, 15) is 9.59 Å². The molecule has 54 heavy (non-hydrogen) atoms. The van der Waals surface area contributed by atoms with E-state index in [1.807, 2.05) is 51.1 Å². The number of esters is 2. The minimum absolute atomic E-state index is 0.0542. The number of carbonyl (C=O) groups excluding carboxylic acids is 2. The molecule has 1 spiro atoms. The molecule has 0 bridgehead atoms. The van der Waals surface area contributed by atoms with Crippen molar-refractivity contribution in [2.24, 2.45) is 0 Å². The average molecular weight is 751 g/mol. The number of ether oxygens (including phenoxy) is 7. The molecule has 0 aromatic heterocycles. The molecule has 5 rings (SSSR count). The Morgan fingerprint density at radius 1 is 0.815 bits per heavy atom. The third-order valence-corrected chi connectivity index (χ3v) is 10.2. The summed E-state index contributed by atoms with van der Waals surface area (Å²) in [6.45, 7) is 21.0. The van der Waals surface area contributed by atoms with E-state index >= 15 is 0 Å². The first-order chi connectivity index (χ1) is 25.9. The zero-order valence-electron chi connectivity index (χ0n) is 33.4. The predicted molar refractivity (Wildman–Crippen MR) is 207 cm³/mol. The van der Waals surface area contributed by atoms with Crippen LogP contribution in [0.4, 0.5) is 0 Å². The van der Waals surface area contributed by atoms with Crippen molar-refractivity contribution < 1.29 is 42.7 Å². The third-order valence-electron chi connectivity index (χ3n) is 10.2. The molecule has 0 N–H and O–H groups in total. The Labute approximate surface area is 322 Å². The molecule has 2 fully saturated rings. The highest BCUT2D eigenvalue weighted by atomic mass is 16.6. The molecule has 11 nitrogen and oxygen atoms in total. The van der Waals surface area contributed by atoms with Gasteiger partial charge in [0.15, 0.2) is 11.4 Å². The molecule has 2 aromatic rings. The van der Waals surface area contributed by atoms with E-state index in [-0.39, 0.29) is 24.6 Å². The maximum absolute atomic E-state index is 13.6. The molecular weight excluding hydrogens is 688 g/mol. The first kappa shape index (κ1) is 41.8. The molecule has 0 radical (unpaired) electrons. The average Bonchev–Trinajstić information content (AvgIpc) is 3.38. The summed E-state index contributed by atoms with van der Waals surface area (Å²) < 4.78 is 41.3. The van der Waals surface area contributed by atoms with Crippen LogP contribution in [0.5, 0.6) is 0 Å². The highest BCUT2D eigenvalue weighted by molar-refractivity contribution is 6.20.